The number of para-hydroxylation sites is 2. The van der Waals surface area contributed by atoms with Crippen LogP contribution in [-0.2, 0) is 0 Å². The maximum atomic E-state index is 6.17. The molecular weight excluding hydrogens is 358 g/mol. The fraction of sp³-hybridized carbons (Fsp3) is 0. The molecule has 4 aromatic rings. The molecule has 138 valence electrons. The molecule has 29 heavy (non-hydrogen) atoms. The molecule has 0 spiro atoms. The Morgan fingerprint density at radius 1 is 0.586 bits per heavy atom. The summed E-state index contributed by atoms with van der Waals surface area (Å²) >= 11 is 0. The Labute approximate surface area is 168 Å². The Kier molecular flexibility index (Phi) is 3.47. The van der Waals surface area contributed by atoms with Crippen LogP contribution in [0, 0.1) is 0 Å². The molecule has 2 aliphatic heterocycles. The fourth-order valence-electron chi connectivity index (χ4n) is 3.99. The zero-order chi connectivity index (χ0) is 19.2. The Morgan fingerprint density at radius 3 is 2.21 bits per heavy atom. The highest BCUT2D eigenvalue weighted by molar-refractivity contribution is 6.10. The van der Waals surface area contributed by atoms with Crippen LogP contribution in [-0.4, -0.2) is 0 Å². The molecule has 3 heteroatoms. The van der Waals surface area contributed by atoms with Gasteiger partial charge in [-0.1, -0.05) is 48.6 Å². The predicted octanol–water partition coefficient (Wildman–Crippen LogP) is 6.91. The van der Waals surface area contributed by atoms with Gasteiger partial charge in [0.15, 0.2) is 23.0 Å². The Balaban J connectivity index is 1.65. The summed E-state index contributed by atoms with van der Waals surface area (Å²) in [7, 11) is 0. The van der Waals surface area contributed by atoms with Crippen molar-refractivity contribution in [2.75, 3.05) is 0 Å². The van der Waals surface area contributed by atoms with Crippen LogP contribution >= 0.6 is 0 Å². The van der Waals surface area contributed by atoms with Gasteiger partial charge < -0.3 is 14.8 Å². The summed E-state index contributed by atoms with van der Waals surface area (Å²) in [6.07, 6.45) is 10.1. The molecule has 6 rings (SSSR count). The van der Waals surface area contributed by atoms with Gasteiger partial charge >= 0.3 is 0 Å². The molecule has 0 radical (unpaired) electrons. The minimum absolute atomic E-state index is 0.730. The van der Waals surface area contributed by atoms with Crippen LogP contribution in [0.3, 0.4) is 0 Å². The second-order valence-electron chi connectivity index (χ2n) is 7.11. The molecule has 0 atom stereocenters. The van der Waals surface area contributed by atoms with Gasteiger partial charge in [0.2, 0.25) is 0 Å². The number of allylic oxidation sites excluding steroid dienone is 4. The monoisotopic (exact) mass is 375 g/mol. The summed E-state index contributed by atoms with van der Waals surface area (Å²) in [5.74, 6) is 2.94. The Hall–Kier alpha value is -3.98. The van der Waals surface area contributed by atoms with Crippen molar-refractivity contribution in [3.8, 4) is 23.0 Å². The van der Waals surface area contributed by atoms with Crippen molar-refractivity contribution >= 4 is 27.2 Å². The second-order valence-corrected chi connectivity index (χ2v) is 7.11. The molecule has 0 saturated heterocycles. The van der Waals surface area contributed by atoms with Crippen LogP contribution in [0.25, 0.3) is 27.2 Å². The molecule has 0 fully saturated rings. The first-order chi connectivity index (χ1) is 14.4. The fourth-order valence-corrected chi connectivity index (χ4v) is 3.99. The van der Waals surface area contributed by atoms with Crippen molar-refractivity contribution in [2.45, 2.75) is 0 Å². The molecule has 0 amide bonds. The lowest BCUT2D eigenvalue weighted by molar-refractivity contribution is 0.360. The maximum absolute atomic E-state index is 6.17. The second kappa shape index (κ2) is 6.28. The van der Waals surface area contributed by atoms with Gasteiger partial charge in [0, 0.05) is 17.5 Å². The molecule has 0 unspecified atom stereocenters. The van der Waals surface area contributed by atoms with E-state index in [9.17, 15) is 0 Å². The van der Waals surface area contributed by atoms with Gasteiger partial charge in [0.05, 0.1) is 0 Å². The van der Waals surface area contributed by atoms with E-state index in [1.165, 1.54) is 10.8 Å². The number of hydrogen-bond acceptors (Lipinski definition) is 3. The summed E-state index contributed by atoms with van der Waals surface area (Å²) in [5.41, 5.74) is 2.20. The molecule has 0 bridgehead atoms. The standard InChI is InChI=1S/C26H17NO2/c1-2-10-21(27-13-7-1)26-19-9-4-3-8-17(19)14-18-15-24-25(16-20(18)26)29-23-12-6-5-11-22(23)28-24/h1-16,27H. The predicted molar refractivity (Wildman–Crippen MR) is 117 cm³/mol. The smallest absolute Gasteiger partial charge is 0.170 e. The molecule has 1 N–H and O–H groups in total. The quantitative estimate of drug-likeness (QED) is 0.323. The highest BCUT2D eigenvalue weighted by Crippen LogP contribution is 2.48. The highest BCUT2D eigenvalue weighted by Gasteiger charge is 2.21. The first-order valence-electron chi connectivity index (χ1n) is 9.61. The minimum atomic E-state index is 0.730. The van der Waals surface area contributed by atoms with Gasteiger partial charge in [-0.3, -0.25) is 0 Å². The molecule has 2 aliphatic rings. The topological polar surface area (TPSA) is 30.5 Å². The zero-order valence-corrected chi connectivity index (χ0v) is 15.6. The molecule has 0 aliphatic carbocycles. The van der Waals surface area contributed by atoms with Crippen molar-refractivity contribution < 1.29 is 9.47 Å². The minimum Gasteiger partial charge on any atom is -0.449 e. The summed E-state index contributed by atoms with van der Waals surface area (Å²) in [6, 6.07) is 22.6. The lowest BCUT2D eigenvalue weighted by Crippen LogP contribution is -2.05. The van der Waals surface area contributed by atoms with Gasteiger partial charge in [0.1, 0.15) is 0 Å². The normalized spacial score (nSPS) is 14.3. The Morgan fingerprint density at radius 2 is 1.34 bits per heavy atom. The average Bonchev–Trinajstić information content (AvgIpc) is 3.04. The van der Waals surface area contributed by atoms with E-state index in [4.69, 9.17) is 9.47 Å². The first-order valence-corrected chi connectivity index (χ1v) is 9.61. The van der Waals surface area contributed by atoms with Crippen molar-refractivity contribution in [3.63, 3.8) is 0 Å². The number of fused-ring (bicyclic) bond motifs is 4. The van der Waals surface area contributed by atoms with Gasteiger partial charge in [-0.05, 0) is 64.0 Å². The molecule has 3 nitrogen and oxygen atoms in total. The largest absolute Gasteiger partial charge is 0.449 e. The number of rotatable bonds is 1. The van der Waals surface area contributed by atoms with E-state index in [0.717, 1.165) is 45.0 Å². The van der Waals surface area contributed by atoms with Crippen LogP contribution in [0.1, 0.15) is 5.56 Å². The SMILES string of the molecule is C1=CC=C(c2c3ccccc3cc3cc4c(cc23)Oc2ccccc2O4)NC=C1. The molecule has 0 aromatic heterocycles. The van der Waals surface area contributed by atoms with Gasteiger partial charge in [-0.25, -0.2) is 0 Å². The van der Waals surface area contributed by atoms with E-state index >= 15 is 0 Å². The third-order valence-electron chi connectivity index (χ3n) is 5.30. The van der Waals surface area contributed by atoms with Gasteiger partial charge in [-0.15, -0.1) is 0 Å². The molecular formula is C26H17NO2. The van der Waals surface area contributed by atoms with Gasteiger partial charge in [0.25, 0.3) is 0 Å². The number of nitrogens with one attached hydrogen (secondary N) is 1. The van der Waals surface area contributed by atoms with Crippen LogP contribution in [0.5, 0.6) is 23.0 Å². The third kappa shape index (κ3) is 2.59. The van der Waals surface area contributed by atoms with Crippen molar-refractivity contribution in [1.82, 2.24) is 5.32 Å². The first kappa shape index (κ1) is 16.0. The van der Waals surface area contributed by atoms with Crippen molar-refractivity contribution in [3.05, 3.63) is 103 Å². The van der Waals surface area contributed by atoms with Crippen LogP contribution < -0.4 is 14.8 Å². The van der Waals surface area contributed by atoms with Crippen LogP contribution in [0.15, 0.2) is 97.2 Å². The van der Waals surface area contributed by atoms with E-state index in [0.29, 0.717) is 0 Å². The summed E-state index contributed by atoms with van der Waals surface area (Å²) in [4.78, 5) is 0. The lowest BCUT2D eigenvalue weighted by atomic mass is 9.94. The van der Waals surface area contributed by atoms with Crippen LogP contribution in [0.4, 0.5) is 0 Å². The van der Waals surface area contributed by atoms with Gasteiger partial charge in [-0.2, -0.15) is 0 Å². The number of ether oxygens (including phenoxy) is 2. The van der Waals surface area contributed by atoms with Crippen LogP contribution in [0.2, 0.25) is 0 Å². The van der Waals surface area contributed by atoms with E-state index in [2.05, 4.69) is 53.9 Å². The van der Waals surface area contributed by atoms with E-state index in [-0.39, 0.29) is 0 Å². The summed E-state index contributed by atoms with van der Waals surface area (Å²) in [5, 5.41) is 8.03. The zero-order valence-electron chi connectivity index (χ0n) is 15.6. The molecule has 4 aromatic carbocycles. The summed E-state index contributed by atoms with van der Waals surface area (Å²) < 4.78 is 12.3. The lowest BCUT2D eigenvalue weighted by Gasteiger charge is -2.22. The van der Waals surface area contributed by atoms with Crippen molar-refractivity contribution in [2.24, 2.45) is 0 Å². The van der Waals surface area contributed by atoms with Crippen molar-refractivity contribution in [1.29, 1.82) is 0 Å². The molecule has 2 heterocycles. The Bertz CT molecular complexity index is 1380. The number of benzene rings is 4. The van der Waals surface area contributed by atoms with E-state index in [1.807, 2.05) is 48.7 Å². The van der Waals surface area contributed by atoms with E-state index in [1.54, 1.807) is 0 Å². The third-order valence-corrected chi connectivity index (χ3v) is 5.30. The van der Waals surface area contributed by atoms with E-state index < -0.39 is 0 Å². The number of hydrogen-bond donors (Lipinski definition) is 1. The average molecular weight is 375 g/mol. The highest BCUT2D eigenvalue weighted by atomic mass is 16.6. The maximum Gasteiger partial charge on any atom is 0.170 e. The summed E-state index contributed by atoms with van der Waals surface area (Å²) in [6.45, 7) is 0. The molecule has 0 saturated carbocycles.